The summed E-state index contributed by atoms with van der Waals surface area (Å²) in [6.45, 7) is 13.2. The fraction of sp³-hybridized carbons (Fsp3) is 0.632. The van der Waals surface area contributed by atoms with E-state index in [9.17, 15) is 4.79 Å². The summed E-state index contributed by atoms with van der Waals surface area (Å²) >= 11 is 0. The van der Waals surface area contributed by atoms with Gasteiger partial charge in [-0.1, -0.05) is 26.0 Å². The number of nitrogens with zero attached hydrogens (tertiary/aromatic N) is 1. The van der Waals surface area contributed by atoms with Gasteiger partial charge in [-0.15, -0.1) is 0 Å². The first kappa shape index (κ1) is 18.6. The highest BCUT2D eigenvalue weighted by molar-refractivity contribution is 5.68. The Balaban J connectivity index is 2.06. The fourth-order valence-corrected chi connectivity index (χ4v) is 2.78. The minimum absolute atomic E-state index is 0.0708. The van der Waals surface area contributed by atoms with Crippen molar-refractivity contribution < 1.29 is 14.3 Å². The van der Waals surface area contributed by atoms with Crippen molar-refractivity contribution in [1.29, 1.82) is 0 Å². The molecule has 1 aromatic carbocycles. The number of benzene rings is 1. The van der Waals surface area contributed by atoms with Crippen LogP contribution in [-0.4, -0.2) is 38.0 Å². The van der Waals surface area contributed by atoms with Crippen LogP contribution in [0.25, 0.3) is 0 Å². The third kappa shape index (κ3) is 5.41. The van der Waals surface area contributed by atoms with E-state index in [1.165, 1.54) is 5.69 Å². The molecule has 1 aliphatic heterocycles. The highest BCUT2D eigenvalue weighted by atomic mass is 16.6. The van der Waals surface area contributed by atoms with E-state index in [0.29, 0.717) is 0 Å². The number of hydrogen-bond acceptors (Lipinski definition) is 4. The molecule has 1 aliphatic rings. The molecular formula is C19H30N2O3. The molecule has 0 unspecified atom stereocenters. The molecule has 134 valence electrons. The molecule has 0 radical (unpaired) electrons. The summed E-state index contributed by atoms with van der Waals surface area (Å²) in [6, 6.07) is 8.35. The first-order chi connectivity index (χ1) is 11.3. The average Bonchev–Trinajstić information content (AvgIpc) is 2.52. The van der Waals surface area contributed by atoms with Crippen molar-refractivity contribution >= 4 is 11.8 Å². The molecule has 1 N–H and O–H groups in total. The fourth-order valence-electron chi connectivity index (χ4n) is 2.78. The van der Waals surface area contributed by atoms with Crippen LogP contribution in [0.5, 0.6) is 0 Å². The summed E-state index contributed by atoms with van der Waals surface area (Å²) in [5, 5.41) is 2.99. The van der Waals surface area contributed by atoms with Gasteiger partial charge in [-0.3, -0.25) is 0 Å². The first-order valence-electron chi connectivity index (χ1n) is 8.68. The molecule has 0 aromatic heterocycles. The molecule has 1 amide bonds. The van der Waals surface area contributed by atoms with Crippen LogP contribution in [-0.2, 0) is 9.47 Å². The monoisotopic (exact) mass is 334 g/mol. The van der Waals surface area contributed by atoms with Crippen LogP contribution in [0.4, 0.5) is 10.5 Å². The quantitative estimate of drug-likeness (QED) is 0.911. The number of rotatable bonds is 4. The third-order valence-corrected chi connectivity index (χ3v) is 3.97. The van der Waals surface area contributed by atoms with Crippen LogP contribution in [0.1, 0.15) is 46.2 Å². The minimum atomic E-state index is -0.494. The highest BCUT2D eigenvalue weighted by Crippen LogP contribution is 2.25. The Labute approximate surface area is 145 Å². The van der Waals surface area contributed by atoms with Gasteiger partial charge in [-0.25, -0.2) is 4.79 Å². The Morgan fingerprint density at radius 1 is 1.17 bits per heavy atom. The third-order valence-electron chi connectivity index (χ3n) is 3.97. The van der Waals surface area contributed by atoms with Gasteiger partial charge in [-0.05, 0) is 44.4 Å². The van der Waals surface area contributed by atoms with Crippen LogP contribution in [0.15, 0.2) is 24.3 Å². The second-order valence-electron chi connectivity index (χ2n) is 7.56. The van der Waals surface area contributed by atoms with E-state index >= 15 is 0 Å². The number of nitrogens with one attached hydrogen (secondary N) is 1. The largest absolute Gasteiger partial charge is 0.444 e. The molecule has 0 saturated carbocycles. The number of alkyl carbamates (subject to hydrolysis) is 1. The Bertz CT molecular complexity index is 529. The Morgan fingerprint density at radius 3 is 2.25 bits per heavy atom. The first-order valence-corrected chi connectivity index (χ1v) is 8.68. The van der Waals surface area contributed by atoms with Gasteiger partial charge in [0.15, 0.2) is 0 Å². The molecule has 5 nitrogen and oxygen atoms in total. The maximum absolute atomic E-state index is 12.1. The summed E-state index contributed by atoms with van der Waals surface area (Å²) in [6.07, 6.45) is -0.376. The maximum atomic E-state index is 12.1. The Kier molecular flexibility index (Phi) is 6.10. The van der Waals surface area contributed by atoms with E-state index in [2.05, 4.69) is 48.3 Å². The lowest BCUT2D eigenvalue weighted by atomic mass is 9.96. The van der Waals surface area contributed by atoms with E-state index in [-0.39, 0.29) is 18.1 Å². The summed E-state index contributed by atoms with van der Waals surface area (Å²) in [7, 11) is 0. The Morgan fingerprint density at radius 2 is 1.75 bits per heavy atom. The van der Waals surface area contributed by atoms with E-state index in [4.69, 9.17) is 9.47 Å². The lowest BCUT2D eigenvalue weighted by Gasteiger charge is -2.30. The van der Waals surface area contributed by atoms with Gasteiger partial charge in [0.1, 0.15) is 5.60 Å². The number of morpholine rings is 1. The van der Waals surface area contributed by atoms with Crippen molar-refractivity contribution in [3.8, 4) is 0 Å². The number of ether oxygens (including phenoxy) is 2. The molecule has 0 aliphatic carbocycles. The SMILES string of the molecule is CC(C)[C@H](NC(=O)OC(C)(C)C)c1ccc(N2CCOCC2)cc1. The van der Waals surface area contributed by atoms with E-state index < -0.39 is 5.60 Å². The topological polar surface area (TPSA) is 50.8 Å². The van der Waals surface area contributed by atoms with Gasteiger partial charge in [-0.2, -0.15) is 0 Å². The van der Waals surface area contributed by atoms with E-state index in [1.807, 2.05) is 20.8 Å². The second kappa shape index (κ2) is 7.88. The van der Waals surface area contributed by atoms with Gasteiger partial charge in [0.2, 0.25) is 0 Å². The van der Waals surface area contributed by atoms with Crippen LogP contribution in [0.2, 0.25) is 0 Å². The highest BCUT2D eigenvalue weighted by Gasteiger charge is 2.23. The predicted octanol–water partition coefficient (Wildman–Crippen LogP) is 3.75. The molecule has 0 bridgehead atoms. The number of carbonyl (C=O) groups excluding carboxylic acids is 1. The zero-order valence-corrected chi connectivity index (χ0v) is 15.5. The zero-order chi connectivity index (χ0) is 17.7. The van der Waals surface area contributed by atoms with Crippen LogP contribution in [0, 0.1) is 5.92 Å². The van der Waals surface area contributed by atoms with Crippen molar-refractivity contribution in [3.63, 3.8) is 0 Å². The Hall–Kier alpha value is -1.75. The van der Waals surface area contributed by atoms with Gasteiger partial charge in [0.25, 0.3) is 0 Å². The van der Waals surface area contributed by atoms with Crippen molar-refractivity contribution in [1.82, 2.24) is 5.32 Å². The number of hydrogen-bond donors (Lipinski definition) is 1. The molecule has 1 atom stereocenters. The van der Waals surface area contributed by atoms with Crippen molar-refractivity contribution in [3.05, 3.63) is 29.8 Å². The van der Waals surface area contributed by atoms with E-state index in [0.717, 1.165) is 31.9 Å². The summed E-state index contributed by atoms with van der Waals surface area (Å²) < 4.78 is 10.8. The smallest absolute Gasteiger partial charge is 0.408 e. The minimum Gasteiger partial charge on any atom is -0.444 e. The second-order valence-corrected chi connectivity index (χ2v) is 7.56. The van der Waals surface area contributed by atoms with Crippen molar-refractivity contribution in [2.75, 3.05) is 31.2 Å². The van der Waals surface area contributed by atoms with Crippen LogP contribution < -0.4 is 10.2 Å². The molecular weight excluding hydrogens is 304 g/mol. The van der Waals surface area contributed by atoms with Gasteiger partial charge < -0.3 is 19.7 Å². The van der Waals surface area contributed by atoms with Gasteiger partial charge >= 0.3 is 6.09 Å². The van der Waals surface area contributed by atoms with Crippen LogP contribution >= 0.6 is 0 Å². The summed E-state index contributed by atoms with van der Waals surface area (Å²) in [5.41, 5.74) is 1.79. The standard InChI is InChI=1S/C19H30N2O3/c1-14(2)17(20-18(22)24-19(3,4)5)15-6-8-16(9-7-15)21-10-12-23-13-11-21/h6-9,14,17H,10-13H2,1-5H3,(H,20,22)/t17-/m0/s1. The molecule has 1 saturated heterocycles. The average molecular weight is 334 g/mol. The lowest BCUT2D eigenvalue weighted by Crippen LogP contribution is -2.37. The number of anilines is 1. The number of carbonyl (C=O) groups is 1. The lowest BCUT2D eigenvalue weighted by molar-refractivity contribution is 0.0489. The molecule has 2 rings (SSSR count). The normalized spacial score (nSPS) is 16.8. The number of amides is 1. The predicted molar refractivity (Wildman–Crippen MR) is 96.4 cm³/mol. The zero-order valence-electron chi connectivity index (χ0n) is 15.5. The van der Waals surface area contributed by atoms with Gasteiger partial charge in [0.05, 0.1) is 19.3 Å². The van der Waals surface area contributed by atoms with Gasteiger partial charge in [0, 0.05) is 18.8 Å². The molecule has 0 spiro atoms. The molecule has 1 fully saturated rings. The molecule has 1 heterocycles. The maximum Gasteiger partial charge on any atom is 0.408 e. The molecule has 1 aromatic rings. The molecule has 24 heavy (non-hydrogen) atoms. The van der Waals surface area contributed by atoms with Crippen molar-refractivity contribution in [2.24, 2.45) is 5.92 Å². The summed E-state index contributed by atoms with van der Waals surface area (Å²) in [5.74, 6) is 0.270. The van der Waals surface area contributed by atoms with Crippen LogP contribution in [0.3, 0.4) is 0 Å². The molecule has 5 heteroatoms. The van der Waals surface area contributed by atoms with E-state index in [1.54, 1.807) is 0 Å². The van der Waals surface area contributed by atoms with Crippen molar-refractivity contribution in [2.45, 2.75) is 46.3 Å². The summed E-state index contributed by atoms with van der Waals surface area (Å²) in [4.78, 5) is 14.4.